The first-order chi connectivity index (χ1) is 12.7. The van der Waals surface area contributed by atoms with Crippen molar-refractivity contribution in [2.45, 2.75) is 20.0 Å². The molecule has 0 saturated heterocycles. The Kier molecular flexibility index (Phi) is 8.03. The summed E-state index contributed by atoms with van der Waals surface area (Å²) in [6.45, 7) is 2.56. The minimum atomic E-state index is -0.0349. The van der Waals surface area contributed by atoms with Gasteiger partial charge in [-0.25, -0.2) is 9.97 Å². The molecule has 2 heterocycles. The van der Waals surface area contributed by atoms with Crippen LogP contribution in [0.1, 0.15) is 18.2 Å². The van der Waals surface area contributed by atoms with E-state index in [0.29, 0.717) is 31.1 Å². The second-order valence-corrected chi connectivity index (χ2v) is 6.48. The van der Waals surface area contributed by atoms with Crippen LogP contribution in [-0.4, -0.2) is 22.4 Å². The van der Waals surface area contributed by atoms with E-state index in [-0.39, 0.29) is 18.3 Å². The van der Waals surface area contributed by atoms with Crippen molar-refractivity contribution in [2.75, 3.05) is 11.9 Å². The van der Waals surface area contributed by atoms with Crippen LogP contribution in [0.3, 0.4) is 0 Å². The molecule has 0 saturated carbocycles. The number of hydrogen-bond acceptors (Lipinski definition) is 6. The highest BCUT2D eigenvalue weighted by atomic mass is 35.5. The molecule has 2 aromatic heterocycles. The lowest BCUT2D eigenvalue weighted by Gasteiger charge is -2.10. The number of thiazole rings is 1. The number of carbonyl (C=O) groups is 1. The average molecular weight is 405 g/mol. The maximum Gasteiger partial charge on any atom is 0.216 e. The molecule has 2 N–H and O–H groups in total. The van der Waals surface area contributed by atoms with E-state index < -0.39 is 0 Å². The number of aromatic nitrogens is 2. The molecule has 27 heavy (non-hydrogen) atoms. The first kappa shape index (κ1) is 20.7. The SMILES string of the molecule is CC(=O)NCCc1csc(Nc2ncccc2OCc2ccccc2)n1.Cl. The average Bonchev–Trinajstić information content (AvgIpc) is 3.09. The summed E-state index contributed by atoms with van der Waals surface area (Å²) < 4.78 is 5.90. The Bertz CT molecular complexity index is 858. The van der Waals surface area contributed by atoms with E-state index in [1.54, 1.807) is 6.20 Å². The van der Waals surface area contributed by atoms with Crippen LogP contribution in [0.15, 0.2) is 54.0 Å². The van der Waals surface area contributed by atoms with E-state index >= 15 is 0 Å². The maximum atomic E-state index is 10.9. The normalized spacial score (nSPS) is 9.96. The van der Waals surface area contributed by atoms with Crippen molar-refractivity contribution in [3.8, 4) is 5.75 Å². The number of pyridine rings is 1. The van der Waals surface area contributed by atoms with Crippen molar-refractivity contribution in [3.63, 3.8) is 0 Å². The zero-order valence-electron chi connectivity index (χ0n) is 14.8. The number of nitrogens with one attached hydrogen (secondary N) is 2. The Morgan fingerprint density at radius 3 is 2.78 bits per heavy atom. The molecule has 1 amide bonds. The molecule has 0 unspecified atom stereocenters. The van der Waals surface area contributed by atoms with Crippen LogP contribution in [-0.2, 0) is 17.8 Å². The van der Waals surface area contributed by atoms with Crippen molar-refractivity contribution in [2.24, 2.45) is 0 Å². The van der Waals surface area contributed by atoms with Gasteiger partial charge < -0.3 is 15.4 Å². The zero-order valence-corrected chi connectivity index (χ0v) is 16.5. The highest BCUT2D eigenvalue weighted by molar-refractivity contribution is 7.13. The van der Waals surface area contributed by atoms with Gasteiger partial charge in [-0.05, 0) is 17.7 Å². The maximum absolute atomic E-state index is 10.9. The summed E-state index contributed by atoms with van der Waals surface area (Å²) in [6, 6.07) is 13.7. The first-order valence-electron chi connectivity index (χ1n) is 8.28. The van der Waals surface area contributed by atoms with Gasteiger partial charge in [-0.2, -0.15) is 0 Å². The second kappa shape index (κ2) is 10.5. The Balaban J connectivity index is 0.00000261. The van der Waals surface area contributed by atoms with E-state index in [1.165, 1.54) is 18.3 Å². The second-order valence-electron chi connectivity index (χ2n) is 5.63. The number of amides is 1. The fraction of sp³-hybridized carbons (Fsp3) is 0.211. The third-order valence-corrected chi connectivity index (χ3v) is 4.35. The van der Waals surface area contributed by atoms with Crippen molar-refractivity contribution in [3.05, 3.63) is 65.3 Å². The summed E-state index contributed by atoms with van der Waals surface area (Å²) in [7, 11) is 0. The lowest BCUT2D eigenvalue weighted by Crippen LogP contribution is -2.22. The Hall–Kier alpha value is -2.64. The fourth-order valence-electron chi connectivity index (χ4n) is 2.28. The largest absolute Gasteiger partial charge is 0.485 e. The van der Waals surface area contributed by atoms with E-state index in [1.807, 2.05) is 47.8 Å². The minimum Gasteiger partial charge on any atom is -0.485 e. The van der Waals surface area contributed by atoms with E-state index in [0.717, 1.165) is 16.4 Å². The number of ether oxygens (including phenoxy) is 1. The van der Waals surface area contributed by atoms with Gasteiger partial charge in [-0.15, -0.1) is 23.7 Å². The smallest absolute Gasteiger partial charge is 0.216 e. The Morgan fingerprint density at radius 2 is 2.00 bits per heavy atom. The molecule has 0 fully saturated rings. The molecule has 0 spiro atoms. The van der Waals surface area contributed by atoms with E-state index in [4.69, 9.17) is 4.74 Å². The minimum absolute atomic E-state index is 0. The number of carbonyl (C=O) groups excluding carboxylic acids is 1. The molecular weight excluding hydrogens is 384 g/mol. The van der Waals surface area contributed by atoms with Gasteiger partial charge in [0.2, 0.25) is 5.91 Å². The van der Waals surface area contributed by atoms with Gasteiger partial charge in [0, 0.05) is 31.5 Å². The topological polar surface area (TPSA) is 76.1 Å². The van der Waals surface area contributed by atoms with Crippen molar-refractivity contribution in [1.29, 1.82) is 0 Å². The van der Waals surface area contributed by atoms with Crippen LogP contribution >= 0.6 is 23.7 Å². The van der Waals surface area contributed by atoms with E-state index in [2.05, 4.69) is 20.6 Å². The van der Waals surface area contributed by atoms with Crippen LogP contribution < -0.4 is 15.4 Å². The monoisotopic (exact) mass is 404 g/mol. The Morgan fingerprint density at radius 1 is 1.19 bits per heavy atom. The molecule has 0 aliphatic rings. The van der Waals surface area contributed by atoms with Crippen LogP contribution in [0.5, 0.6) is 5.75 Å². The molecule has 142 valence electrons. The van der Waals surface area contributed by atoms with Gasteiger partial charge in [0.1, 0.15) is 6.61 Å². The molecule has 0 aliphatic heterocycles. The van der Waals surface area contributed by atoms with Gasteiger partial charge >= 0.3 is 0 Å². The van der Waals surface area contributed by atoms with Gasteiger partial charge in [0.25, 0.3) is 0 Å². The zero-order chi connectivity index (χ0) is 18.2. The first-order valence-corrected chi connectivity index (χ1v) is 9.16. The predicted molar refractivity (Wildman–Crippen MR) is 110 cm³/mol. The van der Waals surface area contributed by atoms with Crippen molar-refractivity contribution < 1.29 is 9.53 Å². The summed E-state index contributed by atoms with van der Waals surface area (Å²) in [6.07, 6.45) is 2.40. The molecule has 0 atom stereocenters. The summed E-state index contributed by atoms with van der Waals surface area (Å²) in [5, 5.41) is 8.69. The summed E-state index contributed by atoms with van der Waals surface area (Å²) in [5.74, 6) is 1.27. The number of halogens is 1. The molecule has 1 aromatic carbocycles. The molecule has 0 radical (unpaired) electrons. The molecule has 3 aromatic rings. The number of benzene rings is 1. The summed E-state index contributed by atoms with van der Waals surface area (Å²) in [4.78, 5) is 19.8. The van der Waals surface area contributed by atoms with Gasteiger partial charge in [-0.3, -0.25) is 4.79 Å². The fourth-order valence-corrected chi connectivity index (χ4v) is 3.03. The molecular formula is C19H21ClN4O2S. The van der Waals surface area contributed by atoms with Crippen LogP contribution in [0, 0.1) is 0 Å². The van der Waals surface area contributed by atoms with Gasteiger partial charge in [0.15, 0.2) is 16.7 Å². The van der Waals surface area contributed by atoms with Crippen molar-refractivity contribution in [1.82, 2.24) is 15.3 Å². The van der Waals surface area contributed by atoms with Crippen LogP contribution in [0.4, 0.5) is 10.9 Å². The number of rotatable bonds is 8. The molecule has 0 bridgehead atoms. The van der Waals surface area contributed by atoms with Crippen LogP contribution in [0.2, 0.25) is 0 Å². The number of nitrogens with zero attached hydrogens (tertiary/aromatic N) is 2. The third kappa shape index (κ3) is 6.54. The molecule has 8 heteroatoms. The number of anilines is 2. The third-order valence-electron chi connectivity index (χ3n) is 3.54. The molecule has 3 rings (SSSR count). The standard InChI is InChI=1S/C19H20N4O2S.ClH/c1-14(24)20-11-9-16-13-26-19(22-16)23-18-17(8-5-10-21-18)25-12-15-6-3-2-4-7-15;/h2-8,10,13H,9,11-12H2,1H3,(H,20,24)(H,21,22,23);1H. The highest BCUT2D eigenvalue weighted by Crippen LogP contribution is 2.27. The lowest BCUT2D eigenvalue weighted by atomic mass is 10.2. The van der Waals surface area contributed by atoms with Gasteiger partial charge in [0.05, 0.1) is 5.69 Å². The van der Waals surface area contributed by atoms with E-state index in [9.17, 15) is 4.79 Å². The van der Waals surface area contributed by atoms with Crippen LogP contribution in [0.25, 0.3) is 0 Å². The summed E-state index contributed by atoms with van der Waals surface area (Å²) in [5.41, 5.74) is 2.02. The molecule has 6 nitrogen and oxygen atoms in total. The summed E-state index contributed by atoms with van der Waals surface area (Å²) >= 11 is 1.50. The van der Waals surface area contributed by atoms with Crippen molar-refractivity contribution >= 4 is 40.6 Å². The Labute approximate surface area is 168 Å². The highest BCUT2D eigenvalue weighted by Gasteiger charge is 2.08. The van der Waals surface area contributed by atoms with Gasteiger partial charge in [-0.1, -0.05) is 30.3 Å². The lowest BCUT2D eigenvalue weighted by molar-refractivity contribution is -0.118. The predicted octanol–water partition coefficient (Wildman–Crippen LogP) is 3.96. The number of hydrogen-bond donors (Lipinski definition) is 2. The molecule has 0 aliphatic carbocycles. The quantitative estimate of drug-likeness (QED) is 0.594.